The maximum absolute atomic E-state index is 12.8. The van der Waals surface area contributed by atoms with Crippen LogP contribution < -0.4 is 5.32 Å². The molecule has 5 heteroatoms. The van der Waals surface area contributed by atoms with Crippen LogP contribution >= 0.6 is 0 Å². The zero-order valence-electron chi connectivity index (χ0n) is 15.2. The molecule has 4 aromatic rings. The van der Waals surface area contributed by atoms with Crippen molar-refractivity contribution in [2.24, 2.45) is 0 Å². The fraction of sp³-hybridized carbons (Fsp3) is 0.0870. The maximum Gasteiger partial charge on any atom is 0.225 e. The first-order valence-electron chi connectivity index (χ1n) is 9.15. The van der Waals surface area contributed by atoms with Crippen molar-refractivity contribution in [1.29, 1.82) is 0 Å². The monoisotopic (exact) mass is 368 g/mol. The van der Waals surface area contributed by atoms with Crippen LogP contribution in [0.1, 0.15) is 23.5 Å². The Morgan fingerprint density at radius 3 is 2.18 bits per heavy atom. The first-order valence-corrected chi connectivity index (χ1v) is 9.15. The van der Waals surface area contributed by atoms with Crippen molar-refractivity contribution in [3.8, 4) is 11.4 Å². The van der Waals surface area contributed by atoms with E-state index in [1.807, 2.05) is 60.7 Å². The normalized spacial score (nSPS) is 10.8. The molecule has 0 bridgehead atoms. The molecule has 5 nitrogen and oxygen atoms in total. The van der Waals surface area contributed by atoms with Crippen LogP contribution in [0.3, 0.4) is 0 Å². The minimum absolute atomic E-state index is 0.000133. The highest BCUT2D eigenvalue weighted by Crippen LogP contribution is 2.28. The van der Waals surface area contributed by atoms with E-state index < -0.39 is 0 Å². The van der Waals surface area contributed by atoms with Gasteiger partial charge in [0, 0.05) is 23.6 Å². The van der Waals surface area contributed by atoms with E-state index in [2.05, 4.69) is 44.8 Å². The first-order chi connectivity index (χ1) is 13.8. The zero-order valence-corrected chi connectivity index (χ0v) is 15.2. The highest BCUT2D eigenvalue weighted by atomic mass is 16.1. The van der Waals surface area contributed by atoms with E-state index in [-0.39, 0.29) is 11.8 Å². The summed E-state index contributed by atoms with van der Waals surface area (Å²) in [5.74, 6) is 0.634. The average molecular weight is 368 g/mol. The van der Waals surface area contributed by atoms with E-state index in [0.717, 1.165) is 22.4 Å². The Balaban J connectivity index is 1.53. The van der Waals surface area contributed by atoms with Gasteiger partial charge in [-0.05, 0) is 23.3 Å². The van der Waals surface area contributed by atoms with Crippen molar-refractivity contribution in [2.45, 2.75) is 12.3 Å². The van der Waals surface area contributed by atoms with E-state index in [1.54, 1.807) is 0 Å². The van der Waals surface area contributed by atoms with E-state index in [9.17, 15) is 4.79 Å². The lowest BCUT2D eigenvalue weighted by molar-refractivity contribution is -0.116. The van der Waals surface area contributed by atoms with Crippen molar-refractivity contribution >= 4 is 11.6 Å². The average Bonchev–Trinajstić information content (AvgIpc) is 3.29. The lowest BCUT2D eigenvalue weighted by Gasteiger charge is -2.18. The molecule has 1 aromatic heterocycles. The summed E-state index contributed by atoms with van der Waals surface area (Å²) in [7, 11) is 0. The number of rotatable bonds is 6. The lowest BCUT2D eigenvalue weighted by atomic mass is 9.88. The number of nitrogens with one attached hydrogen (secondary N) is 2. The second kappa shape index (κ2) is 8.31. The third-order valence-corrected chi connectivity index (χ3v) is 4.63. The molecule has 0 saturated heterocycles. The van der Waals surface area contributed by atoms with Crippen LogP contribution in [0.5, 0.6) is 0 Å². The molecule has 0 aliphatic carbocycles. The predicted molar refractivity (Wildman–Crippen MR) is 110 cm³/mol. The predicted octanol–water partition coefficient (Wildman–Crippen LogP) is 4.63. The van der Waals surface area contributed by atoms with Crippen LogP contribution in [0, 0.1) is 0 Å². The summed E-state index contributed by atoms with van der Waals surface area (Å²) in [4.78, 5) is 17.0. The minimum atomic E-state index is -0.0348. The van der Waals surface area contributed by atoms with Gasteiger partial charge in [-0.3, -0.25) is 9.89 Å². The summed E-state index contributed by atoms with van der Waals surface area (Å²) in [6, 6.07) is 27.8. The van der Waals surface area contributed by atoms with Crippen molar-refractivity contribution in [3.05, 3.63) is 102 Å². The van der Waals surface area contributed by atoms with E-state index in [1.165, 1.54) is 6.33 Å². The van der Waals surface area contributed by atoms with E-state index in [4.69, 9.17) is 0 Å². The molecule has 1 amide bonds. The number of hydrogen-bond donors (Lipinski definition) is 2. The highest BCUT2D eigenvalue weighted by Gasteiger charge is 2.18. The number of aromatic nitrogens is 3. The summed E-state index contributed by atoms with van der Waals surface area (Å²) >= 11 is 0. The second-order valence-corrected chi connectivity index (χ2v) is 6.54. The number of anilines is 1. The van der Waals surface area contributed by atoms with Gasteiger partial charge in [0.2, 0.25) is 5.91 Å². The fourth-order valence-electron chi connectivity index (χ4n) is 3.29. The Hall–Kier alpha value is -3.73. The van der Waals surface area contributed by atoms with Gasteiger partial charge < -0.3 is 5.32 Å². The summed E-state index contributed by atoms with van der Waals surface area (Å²) < 4.78 is 0. The second-order valence-electron chi connectivity index (χ2n) is 6.54. The Bertz CT molecular complexity index is 991. The molecule has 28 heavy (non-hydrogen) atoms. The van der Waals surface area contributed by atoms with Gasteiger partial charge in [-0.1, -0.05) is 72.8 Å². The van der Waals surface area contributed by atoms with Crippen molar-refractivity contribution in [3.63, 3.8) is 0 Å². The van der Waals surface area contributed by atoms with Gasteiger partial charge in [0.1, 0.15) is 6.33 Å². The SMILES string of the molecule is O=C(CC(c1ccccc1)c1ccccc1)Nc1cccc(-c2ncn[nH]2)c1. The Kier molecular flexibility index (Phi) is 5.24. The number of hydrogen-bond acceptors (Lipinski definition) is 3. The van der Waals surface area contributed by atoms with Gasteiger partial charge in [-0.15, -0.1) is 0 Å². The van der Waals surface area contributed by atoms with Crippen molar-refractivity contribution in [2.75, 3.05) is 5.32 Å². The maximum atomic E-state index is 12.8. The van der Waals surface area contributed by atoms with E-state index >= 15 is 0 Å². The number of carbonyl (C=O) groups is 1. The van der Waals surface area contributed by atoms with Gasteiger partial charge >= 0.3 is 0 Å². The van der Waals surface area contributed by atoms with Crippen LogP contribution in [-0.2, 0) is 4.79 Å². The Morgan fingerprint density at radius 2 is 1.57 bits per heavy atom. The van der Waals surface area contributed by atoms with Gasteiger partial charge in [-0.2, -0.15) is 5.10 Å². The number of amides is 1. The number of nitrogens with zero attached hydrogens (tertiary/aromatic N) is 2. The molecule has 0 radical (unpaired) electrons. The highest BCUT2D eigenvalue weighted by molar-refractivity contribution is 5.92. The summed E-state index contributed by atoms with van der Waals surface area (Å²) in [6.45, 7) is 0. The summed E-state index contributed by atoms with van der Waals surface area (Å²) in [5.41, 5.74) is 3.86. The lowest BCUT2D eigenvalue weighted by Crippen LogP contribution is -2.16. The van der Waals surface area contributed by atoms with Crippen LogP contribution in [0.4, 0.5) is 5.69 Å². The van der Waals surface area contributed by atoms with Gasteiger partial charge in [0.05, 0.1) is 0 Å². The Morgan fingerprint density at radius 1 is 0.893 bits per heavy atom. The zero-order chi connectivity index (χ0) is 19.2. The molecule has 0 fully saturated rings. The van der Waals surface area contributed by atoms with Crippen molar-refractivity contribution < 1.29 is 4.79 Å². The molecule has 4 rings (SSSR count). The third-order valence-electron chi connectivity index (χ3n) is 4.63. The Labute approximate surface area is 163 Å². The first kappa shape index (κ1) is 17.7. The van der Waals surface area contributed by atoms with Gasteiger partial charge in [-0.25, -0.2) is 4.98 Å². The summed E-state index contributed by atoms with van der Waals surface area (Å²) in [5, 5.41) is 9.72. The molecule has 0 aliphatic rings. The molecular formula is C23H20N4O. The standard InChI is InChI=1S/C23H20N4O/c28-22(26-20-13-7-12-19(14-20)23-24-16-25-27-23)15-21(17-8-3-1-4-9-17)18-10-5-2-6-11-18/h1-14,16,21H,15H2,(H,26,28)(H,24,25,27). The number of aromatic amines is 1. The molecule has 0 aliphatic heterocycles. The molecule has 1 heterocycles. The van der Waals surface area contributed by atoms with Crippen LogP contribution in [-0.4, -0.2) is 21.1 Å². The molecule has 0 atom stereocenters. The molecule has 3 aromatic carbocycles. The largest absolute Gasteiger partial charge is 0.326 e. The van der Waals surface area contributed by atoms with Crippen LogP contribution in [0.2, 0.25) is 0 Å². The van der Waals surface area contributed by atoms with Crippen LogP contribution in [0.25, 0.3) is 11.4 Å². The topological polar surface area (TPSA) is 70.7 Å². The van der Waals surface area contributed by atoms with E-state index in [0.29, 0.717) is 12.2 Å². The smallest absolute Gasteiger partial charge is 0.225 e. The minimum Gasteiger partial charge on any atom is -0.326 e. The fourth-order valence-corrected chi connectivity index (χ4v) is 3.29. The number of H-pyrrole nitrogens is 1. The molecule has 0 spiro atoms. The molecule has 0 unspecified atom stereocenters. The number of benzene rings is 3. The quantitative estimate of drug-likeness (QED) is 0.521. The molecule has 138 valence electrons. The number of carbonyl (C=O) groups excluding carboxylic acids is 1. The molecule has 2 N–H and O–H groups in total. The summed E-state index contributed by atoms with van der Waals surface area (Å²) in [6.07, 6.45) is 1.82. The van der Waals surface area contributed by atoms with Crippen molar-refractivity contribution in [1.82, 2.24) is 15.2 Å². The van der Waals surface area contributed by atoms with Crippen LogP contribution in [0.15, 0.2) is 91.3 Å². The van der Waals surface area contributed by atoms with Gasteiger partial charge in [0.15, 0.2) is 5.82 Å². The molecule has 0 saturated carbocycles. The van der Waals surface area contributed by atoms with Gasteiger partial charge in [0.25, 0.3) is 0 Å². The molecular weight excluding hydrogens is 348 g/mol. The third kappa shape index (κ3) is 4.15.